The number of hydrogen-bond acceptors (Lipinski definition) is 3. The van der Waals surface area contributed by atoms with E-state index in [1.54, 1.807) is 0 Å². The molecule has 0 aliphatic carbocycles. The summed E-state index contributed by atoms with van der Waals surface area (Å²) in [6, 6.07) is 8.37. The molecule has 0 fully saturated rings. The Kier molecular flexibility index (Phi) is 4.99. The lowest BCUT2D eigenvalue weighted by Gasteiger charge is -2.14. The van der Waals surface area contributed by atoms with Crippen LogP contribution >= 0.6 is 0 Å². The molecule has 3 aromatic rings. The highest BCUT2D eigenvalue weighted by molar-refractivity contribution is 5.86. The molecule has 0 spiro atoms. The summed E-state index contributed by atoms with van der Waals surface area (Å²) in [6.07, 6.45) is 4.78. The second-order valence-electron chi connectivity index (χ2n) is 6.36. The molecular formula is C19H20F2N4O. The van der Waals surface area contributed by atoms with Crippen LogP contribution in [0.1, 0.15) is 23.6 Å². The molecule has 4 N–H and O–H groups in total. The van der Waals surface area contributed by atoms with E-state index in [1.165, 1.54) is 12.3 Å². The minimum Gasteiger partial charge on any atom is -0.361 e. The third-order valence-corrected chi connectivity index (χ3v) is 4.22. The molecule has 3 rings (SSSR count). The molecule has 136 valence electrons. The Hall–Kier alpha value is -2.80. The van der Waals surface area contributed by atoms with Crippen LogP contribution in [0.3, 0.4) is 0 Å². The third kappa shape index (κ3) is 4.05. The molecule has 0 aliphatic rings. The number of rotatable bonds is 6. The van der Waals surface area contributed by atoms with Gasteiger partial charge in [0.15, 0.2) is 0 Å². The van der Waals surface area contributed by atoms with Gasteiger partial charge in [0.1, 0.15) is 0 Å². The number of benzene rings is 1. The van der Waals surface area contributed by atoms with Gasteiger partial charge in [-0.3, -0.25) is 9.78 Å². The number of nitrogens with one attached hydrogen (secondary N) is 2. The maximum Gasteiger partial charge on any atom is 0.272 e. The Balaban J connectivity index is 1.61. The van der Waals surface area contributed by atoms with Crippen molar-refractivity contribution >= 4 is 16.8 Å². The van der Waals surface area contributed by atoms with Crippen molar-refractivity contribution in [2.75, 3.05) is 0 Å². The highest BCUT2D eigenvalue weighted by atomic mass is 19.3. The number of fused-ring (bicyclic) bond motifs is 1. The van der Waals surface area contributed by atoms with Gasteiger partial charge in [-0.2, -0.15) is 0 Å². The third-order valence-electron chi connectivity index (χ3n) is 4.22. The van der Waals surface area contributed by atoms with E-state index >= 15 is 0 Å². The Morgan fingerprint density at radius 3 is 2.88 bits per heavy atom. The van der Waals surface area contributed by atoms with E-state index in [1.807, 2.05) is 30.5 Å². The molecule has 26 heavy (non-hydrogen) atoms. The summed E-state index contributed by atoms with van der Waals surface area (Å²) in [6.45, 7) is 0.904. The fourth-order valence-electron chi connectivity index (χ4n) is 2.77. The van der Waals surface area contributed by atoms with Gasteiger partial charge in [0.2, 0.25) is 5.91 Å². The quantitative estimate of drug-likeness (QED) is 0.633. The summed E-state index contributed by atoms with van der Waals surface area (Å²) in [5, 5.41) is 3.70. The van der Waals surface area contributed by atoms with Crippen molar-refractivity contribution in [3.05, 3.63) is 65.6 Å². The molecule has 1 aromatic carbocycles. The van der Waals surface area contributed by atoms with Crippen LogP contribution in [0.25, 0.3) is 10.9 Å². The second kappa shape index (κ2) is 7.21. The number of pyridine rings is 1. The zero-order valence-electron chi connectivity index (χ0n) is 14.3. The van der Waals surface area contributed by atoms with E-state index in [-0.39, 0.29) is 18.0 Å². The van der Waals surface area contributed by atoms with Gasteiger partial charge in [-0.05, 0) is 29.7 Å². The number of aromatic amines is 1. The molecule has 7 heteroatoms. The van der Waals surface area contributed by atoms with Crippen LogP contribution in [0, 0.1) is 0 Å². The maximum atomic E-state index is 13.4. The second-order valence-corrected chi connectivity index (χ2v) is 6.36. The van der Waals surface area contributed by atoms with Crippen molar-refractivity contribution in [1.82, 2.24) is 15.3 Å². The average Bonchev–Trinajstić information content (AvgIpc) is 3.02. The number of carbonyl (C=O) groups excluding carboxylic acids is 1. The van der Waals surface area contributed by atoms with E-state index in [0.29, 0.717) is 12.0 Å². The van der Waals surface area contributed by atoms with Gasteiger partial charge in [-0.25, -0.2) is 8.78 Å². The molecule has 0 radical (unpaired) electrons. The summed E-state index contributed by atoms with van der Waals surface area (Å²) < 4.78 is 26.7. The normalized spacial score (nSPS) is 12.9. The largest absolute Gasteiger partial charge is 0.361 e. The summed E-state index contributed by atoms with van der Waals surface area (Å²) in [5.41, 5.74) is 8.25. The van der Waals surface area contributed by atoms with E-state index in [4.69, 9.17) is 5.73 Å². The number of amides is 1. The smallest absolute Gasteiger partial charge is 0.272 e. The highest BCUT2D eigenvalue weighted by Gasteiger charge is 2.25. The minimum atomic E-state index is -2.97. The lowest BCUT2D eigenvalue weighted by Crippen LogP contribution is -2.41. The van der Waals surface area contributed by atoms with Crippen molar-refractivity contribution in [3.8, 4) is 0 Å². The average molecular weight is 358 g/mol. The van der Waals surface area contributed by atoms with Crippen LogP contribution in [-0.2, 0) is 23.7 Å². The molecule has 0 saturated heterocycles. The van der Waals surface area contributed by atoms with E-state index in [0.717, 1.165) is 29.6 Å². The van der Waals surface area contributed by atoms with Crippen LogP contribution in [0.2, 0.25) is 0 Å². The fourth-order valence-corrected chi connectivity index (χ4v) is 2.77. The molecule has 2 aromatic heterocycles. The number of nitrogens with zero attached hydrogens (tertiary/aromatic N) is 1. The first-order valence-corrected chi connectivity index (χ1v) is 8.25. The Morgan fingerprint density at radius 2 is 2.12 bits per heavy atom. The number of nitrogens with two attached hydrogens (primary N) is 1. The highest BCUT2D eigenvalue weighted by Crippen LogP contribution is 2.26. The van der Waals surface area contributed by atoms with Crippen LogP contribution < -0.4 is 11.1 Å². The van der Waals surface area contributed by atoms with E-state index < -0.39 is 12.0 Å². The summed E-state index contributed by atoms with van der Waals surface area (Å²) in [7, 11) is 0. The number of alkyl halides is 2. The van der Waals surface area contributed by atoms with Gasteiger partial charge >= 0.3 is 0 Å². The monoisotopic (exact) mass is 358 g/mol. The molecule has 0 saturated carbocycles. The van der Waals surface area contributed by atoms with Gasteiger partial charge in [0, 0.05) is 48.5 Å². The van der Waals surface area contributed by atoms with Crippen LogP contribution in [0.5, 0.6) is 0 Å². The topological polar surface area (TPSA) is 83.8 Å². The molecule has 5 nitrogen and oxygen atoms in total. The van der Waals surface area contributed by atoms with Crippen LogP contribution in [0.15, 0.2) is 48.9 Å². The van der Waals surface area contributed by atoms with E-state index in [9.17, 15) is 13.6 Å². The molecule has 0 aliphatic heterocycles. The summed E-state index contributed by atoms with van der Waals surface area (Å²) in [5.74, 6) is -3.32. The van der Waals surface area contributed by atoms with Crippen molar-refractivity contribution < 1.29 is 13.6 Å². The van der Waals surface area contributed by atoms with Gasteiger partial charge in [0.05, 0.1) is 6.04 Å². The first kappa shape index (κ1) is 18.0. The zero-order valence-corrected chi connectivity index (χ0v) is 14.3. The SMILES string of the molecule is CC(F)(F)c1cncc(CNC(=O)[C@@H](N)Cc2c[nH]c3ccccc23)c1. The predicted molar refractivity (Wildman–Crippen MR) is 95.6 cm³/mol. The Bertz CT molecular complexity index is 917. The van der Waals surface area contributed by atoms with Crippen molar-refractivity contribution in [1.29, 1.82) is 0 Å². The van der Waals surface area contributed by atoms with Gasteiger partial charge in [-0.15, -0.1) is 0 Å². The number of H-pyrrole nitrogens is 1. The molecule has 1 atom stereocenters. The van der Waals surface area contributed by atoms with E-state index in [2.05, 4.69) is 15.3 Å². The molecule has 0 unspecified atom stereocenters. The molecular weight excluding hydrogens is 338 g/mol. The maximum absolute atomic E-state index is 13.4. The summed E-state index contributed by atoms with van der Waals surface area (Å²) in [4.78, 5) is 19.2. The predicted octanol–water partition coefficient (Wildman–Crippen LogP) is 2.86. The summed E-state index contributed by atoms with van der Waals surface area (Å²) >= 11 is 0. The molecule has 2 heterocycles. The molecule has 1 amide bonds. The number of hydrogen-bond donors (Lipinski definition) is 3. The van der Waals surface area contributed by atoms with Crippen molar-refractivity contribution in [2.24, 2.45) is 5.73 Å². The lowest BCUT2D eigenvalue weighted by atomic mass is 10.0. The fraction of sp³-hybridized carbons (Fsp3) is 0.263. The van der Waals surface area contributed by atoms with Gasteiger partial charge in [-0.1, -0.05) is 18.2 Å². The first-order chi connectivity index (χ1) is 12.3. The zero-order chi connectivity index (χ0) is 18.7. The number of carbonyl (C=O) groups is 1. The van der Waals surface area contributed by atoms with Crippen molar-refractivity contribution in [3.63, 3.8) is 0 Å². The number of para-hydroxylation sites is 1. The van der Waals surface area contributed by atoms with Crippen LogP contribution in [-0.4, -0.2) is 21.9 Å². The standard InChI is InChI=1S/C19H20F2N4O/c1-19(20,21)14-6-12(8-23-11-14)9-25-18(26)16(22)7-13-10-24-17-5-3-2-4-15(13)17/h2-6,8,10-11,16,24H,7,9,22H2,1H3,(H,25,26)/t16-/m0/s1. The van der Waals surface area contributed by atoms with Crippen LogP contribution in [0.4, 0.5) is 8.78 Å². The Labute approximate surface area is 149 Å². The number of aromatic nitrogens is 2. The molecule has 0 bridgehead atoms. The van der Waals surface area contributed by atoms with Gasteiger partial charge < -0.3 is 16.0 Å². The van der Waals surface area contributed by atoms with Gasteiger partial charge in [0.25, 0.3) is 5.92 Å². The lowest BCUT2D eigenvalue weighted by molar-refractivity contribution is -0.122. The first-order valence-electron chi connectivity index (χ1n) is 8.25. The minimum absolute atomic E-state index is 0.0946. The Morgan fingerprint density at radius 1 is 1.35 bits per heavy atom. The van der Waals surface area contributed by atoms with Crippen molar-refractivity contribution in [2.45, 2.75) is 31.9 Å². The number of halogens is 2.